The second-order valence-corrected chi connectivity index (χ2v) is 5.98. The molecule has 1 aliphatic rings. The molecule has 2 heterocycles. The Morgan fingerprint density at radius 2 is 1.96 bits per heavy atom. The minimum atomic E-state index is -0.684. The van der Waals surface area contributed by atoms with Crippen LogP contribution in [0.1, 0.15) is 18.5 Å². The van der Waals surface area contributed by atoms with Crippen LogP contribution in [0, 0.1) is 0 Å². The maximum absolute atomic E-state index is 12.5. The molecule has 27 heavy (non-hydrogen) atoms. The molecule has 7 heteroatoms. The van der Waals surface area contributed by atoms with Gasteiger partial charge in [-0.2, -0.15) is 0 Å². The third kappa shape index (κ3) is 3.57. The van der Waals surface area contributed by atoms with Crippen LogP contribution in [0.2, 0.25) is 0 Å². The first-order valence-corrected chi connectivity index (χ1v) is 8.42. The number of hydrogen-bond donors (Lipinski definition) is 1. The SMILES string of the molecule is C=CCN1C(=O)N[C@H](c2cnc(-c3ccccc3)nc2)C(C(=O)OC)=C1C. The Hall–Kier alpha value is -3.48. The van der Waals surface area contributed by atoms with Crippen LogP contribution in [0.25, 0.3) is 11.4 Å². The summed E-state index contributed by atoms with van der Waals surface area (Å²) in [5, 5.41) is 2.82. The molecule has 0 bridgehead atoms. The molecule has 0 saturated heterocycles. The Morgan fingerprint density at radius 3 is 2.56 bits per heavy atom. The maximum Gasteiger partial charge on any atom is 0.337 e. The van der Waals surface area contributed by atoms with Crippen LogP contribution < -0.4 is 5.32 Å². The summed E-state index contributed by atoms with van der Waals surface area (Å²) < 4.78 is 4.93. The van der Waals surface area contributed by atoms with Crippen molar-refractivity contribution < 1.29 is 14.3 Å². The van der Waals surface area contributed by atoms with Crippen LogP contribution in [-0.2, 0) is 9.53 Å². The third-order valence-electron chi connectivity index (χ3n) is 4.35. The number of esters is 1. The molecule has 3 rings (SSSR count). The van der Waals surface area contributed by atoms with Crippen molar-refractivity contribution in [3.05, 3.63) is 72.2 Å². The summed E-state index contributed by atoms with van der Waals surface area (Å²) in [6.07, 6.45) is 4.81. The highest BCUT2D eigenvalue weighted by Gasteiger charge is 2.36. The Bertz CT molecular complexity index is 891. The summed E-state index contributed by atoms with van der Waals surface area (Å²) in [5.74, 6) is 0.0498. The Labute approximate surface area is 157 Å². The first-order chi connectivity index (χ1) is 13.1. The van der Waals surface area contributed by atoms with Gasteiger partial charge in [0.2, 0.25) is 0 Å². The number of aromatic nitrogens is 2. The van der Waals surface area contributed by atoms with E-state index in [4.69, 9.17) is 4.74 Å². The lowest BCUT2D eigenvalue weighted by atomic mass is 9.97. The molecule has 7 nitrogen and oxygen atoms in total. The zero-order valence-corrected chi connectivity index (χ0v) is 15.2. The highest BCUT2D eigenvalue weighted by molar-refractivity contribution is 5.95. The normalized spacial score (nSPS) is 16.7. The zero-order chi connectivity index (χ0) is 19.4. The van der Waals surface area contributed by atoms with Gasteiger partial charge in [-0.15, -0.1) is 6.58 Å². The summed E-state index contributed by atoms with van der Waals surface area (Å²) in [6, 6.07) is 8.55. The van der Waals surface area contributed by atoms with Crippen molar-refractivity contribution in [3.63, 3.8) is 0 Å². The molecule has 0 unspecified atom stereocenters. The number of rotatable bonds is 5. The first kappa shape index (κ1) is 18.3. The van der Waals surface area contributed by atoms with Gasteiger partial charge in [-0.25, -0.2) is 19.6 Å². The molecule has 2 aromatic rings. The second kappa shape index (κ2) is 7.82. The smallest absolute Gasteiger partial charge is 0.337 e. The van der Waals surface area contributed by atoms with Gasteiger partial charge in [0.25, 0.3) is 0 Å². The molecule has 0 spiro atoms. The Morgan fingerprint density at radius 1 is 1.30 bits per heavy atom. The molecule has 2 amide bonds. The monoisotopic (exact) mass is 364 g/mol. The lowest BCUT2D eigenvalue weighted by molar-refractivity contribution is -0.136. The molecular formula is C20H20N4O3. The predicted molar refractivity (Wildman–Crippen MR) is 100 cm³/mol. The van der Waals surface area contributed by atoms with E-state index >= 15 is 0 Å². The van der Waals surface area contributed by atoms with E-state index in [2.05, 4.69) is 21.9 Å². The van der Waals surface area contributed by atoms with E-state index in [9.17, 15) is 9.59 Å². The largest absolute Gasteiger partial charge is 0.466 e. The van der Waals surface area contributed by atoms with Crippen molar-refractivity contribution in [1.82, 2.24) is 20.2 Å². The van der Waals surface area contributed by atoms with Crippen LogP contribution >= 0.6 is 0 Å². The number of ether oxygens (including phenoxy) is 1. The molecule has 0 radical (unpaired) electrons. The van der Waals surface area contributed by atoms with E-state index in [0.29, 0.717) is 22.7 Å². The summed E-state index contributed by atoms with van der Waals surface area (Å²) in [5.41, 5.74) is 2.34. The quantitative estimate of drug-likeness (QED) is 0.651. The standard InChI is InChI=1S/C20H20N4O3/c1-4-10-24-13(2)16(19(25)27-3)17(23-20(24)26)15-11-21-18(22-12-15)14-8-6-5-7-9-14/h4-9,11-12,17H,1,10H2,2-3H3,(H,23,26)/t17-/m1/s1. The van der Waals surface area contributed by atoms with Gasteiger partial charge in [0.15, 0.2) is 5.82 Å². The number of urea groups is 1. The van der Waals surface area contributed by atoms with Crippen molar-refractivity contribution in [1.29, 1.82) is 0 Å². The molecule has 1 aromatic heterocycles. The van der Waals surface area contributed by atoms with E-state index in [0.717, 1.165) is 5.56 Å². The van der Waals surface area contributed by atoms with Crippen LogP contribution in [0.15, 0.2) is 66.7 Å². The highest BCUT2D eigenvalue weighted by Crippen LogP contribution is 2.31. The second-order valence-electron chi connectivity index (χ2n) is 5.98. The number of methoxy groups -OCH3 is 1. The van der Waals surface area contributed by atoms with E-state index in [1.54, 1.807) is 25.4 Å². The van der Waals surface area contributed by atoms with Crippen LogP contribution in [0.5, 0.6) is 0 Å². The van der Waals surface area contributed by atoms with Gasteiger partial charge in [0, 0.05) is 35.8 Å². The number of nitrogens with one attached hydrogen (secondary N) is 1. The fourth-order valence-electron chi connectivity index (χ4n) is 2.98. The lowest BCUT2D eigenvalue weighted by Crippen LogP contribution is -2.48. The average molecular weight is 364 g/mol. The lowest BCUT2D eigenvalue weighted by Gasteiger charge is -2.34. The minimum absolute atomic E-state index is 0.286. The number of allylic oxidation sites excluding steroid dienone is 1. The van der Waals surface area contributed by atoms with E-state index in [1.165, 1.54) is 12.0 Å². The fraction of sp³-hybridized carbons (Fsp3) is 0.200. The van der Waals surface area contributed by atoms with Crippen molar-refractivity contribution in [2.75, 3.05) is 13.7 Å². The van der Waals surface area contributed by atoms with Crippen LogP contribution in [0.3, 0.4) is 0 Å². The van der Waals surface area contributed by atoms with E-state index < -0.39 is 12.0 Å². The van der Waals surface area contributed by atoms with Crippen LogP contribution in [-0.4, -0.2) is 40.5 Å². The third-order valence-corrected chi connectivity index (χ3v) is 4.35. The Kier molecular flexibility index (Phi) is 5.30. The number of amides is 2. The molecule has 0 saturated carbocycles. The maximum atomic E-state index is 12.5. The number of carbonyl (C=O) groups is 2. The molecule has 1 aliphatic heterocycles. The van der Waals surface area contributed by atoms with Gasteiger partial charge in [-0.05, 0) is 6.92 Å². The number of hydrogen-bond acceptors (Lipinski definition) is 5. The summed E-state index contributed by atoms with van der Waals surface area (Å²) in [6.45, 7) is 5.64. The van der Waals surface area contributed by atoms with E-state index in [-0.39, 0.29) is 12.6 Å². The first-order valence-electron chi connectivity index (χ1n) is 8.42. The summed E-state index contributed by atoms with van der Waals surface area (Å²) >= 11 is 0. The van der Waals surface area contributed by atoms with E-state index in [1.807, 2.05) is 30.3 Å². The van der Waals surface area contributed by atoms with Gasteiger partial charge < -0.3 is 10.1 Å². The number of carbonyl (C=O) groups excluding carboxylic acids is 2. The van der Waals surface area contributed by atoms with Gasteiger partial charge in [0.05, 0.1) is 18.7 Å². The zero-order valence-electron chi connectivity index (χ0n) is 15.2. The van der Waals surface area contributed by atoms with Gasteiger partial charge in [0.1, 0.15) is 0 Å². The van der Waals surface area contributed by atoms with Gasteiger partial charge in [-0.3, -0.25) is 4.90 Å². The highest BCUT2D eigenvalue weighted by atomic mass is 16.5. The van der Waals surface area contributed by atoms with Gasteiger partial charge >= 0.3 is 12.0 Å². The number of nitrogens with zero attached hydrogens (tertiary/aromatic N) is 3. The topological polar surface area (TPSA) is 84.4 Å². The fourth-order valence-corrected chi connectivity index (χ4v) is 2.98. The van der Waals surface area contributed by atoms with Crippen molar-refractivity contribution >= 4 is 12.0 Å². The molecule has 0 fully saturated rings. The molecule has 1 N–H and O–H groups in total. The molecule has 138 valence electrons. The minimum Gasteiger partial charge on any atom is -0.466 e. The van der Waals surface area contributed by atoms with Crippen molar-refractivity contribution in [3.8, 4) is 11.4 Å². The predicted octanol–water partition coefficient (Wildman–Crippen LogP) is 2.84. The van der Waals surface area contributed by atoms with Crippen LogP contribution in [0.4, 0.5) is 4.79 Å². The molecule has 1 atom stereocenters. The number of benzene rings is 1. The molecule has 0 aliphatic carbocycles. The Balaban J connectivity index is 2.00. The van der Waals surface area contributed by atoms with Crippen molar-refractivity contribution in [2.24, 2.45) is 0 Å². The summed E-state index contributed by atoms with van der Waals surface area (Å²) in [4.78, 5) is 35.0. The summed E-state index contributed by atoms with van der Waals surface area (Å²) in [7, 11) is 1.31. The van der Waals surface area contributed by atoms with Crippen molar-refractivity contribution in [2.45, 2.75) is 13.0 Å². The molecule has 1 aromatic carbocycles. The molecular weight excluding hydrogens is 344 g/mol. The average Bonchev–Trinajstić information content (AvgIpc) is 2.71. The van der Waals surface area contributed by atoms with Gasteiger partial charge in [-0.1, -0.05) is 36.4 Å².